The molecule has 0 saturated carbocycles. The van der Waals surface area contributed by atoms with Gasteiger partial charge in [-0.05, 0) is 88.9 Å². The molecule has 0 radical (unpaired) electrons. The predicted molar refractivity (Wildman–Crippen MR) is 240 cm³/mol. The predicted octanol–water partition coefficient (Wildman–Crippen LogP) is 10.8. The summed E-state index contributed by atoms with van der Waals surface area (Å²) in [6, 6.07) is 52.1. The summed E-state index contributed by atoms with van der Waals surface area (Å²) in [5.74, 6) is 0. The minimum atomic E-state index is -0.404. The first-order valence-electron chi connectivity index (χ1n) is 20.4. The maximum absolute atomic E-state index is 5.70. The van der Waals surface area contributed by atoms with E-state index in [4.69, 9.17) is 19.2 Å². The minimum Gasteiger partial charge on any atom is -0.379 e. The van der Waals surface area contributed by atoms with Crippen molar-refractivity contribution in [1.82, 2.24) is 0 Å². The quantitative estimate of drug-likeness (QED) is 0.0573. The zero-order chi connectivity index (χ0) is 39.8. The van der Waals surface area contributed by atoms with Crippen LogP contribution in [0.3, 0.4) is 0 Å². The fourth-order valence-electron chi connectivity index (χ4n) is 7.49. The van der Waals surface area contributed by atoms with Crippen molar-refractivity contribution in [3.05, 3.63) is 196 Å². The van der Waals surface area contributed by atoms with E-state index in [9.17, 15) is 0 Å². The monoisotopic (exact) mass is 767 g/mol. The average molecular weight is 768 g/mol. The number of aryl methyl sites for hydroxylation is 2. The molecule has 0 unspecified atom stereocenters. The number of rotatable bonds is 20. The third kappa shape index (κ3) is 10.2. The van der Waals surface area contributed by atoms with Gasteiger partial charge in [0.25, 0.3) is 0 Å². The lowest BCUT2D eigenvalue weighted by molar-refractivity contribution is 0.0143. The second-order valence-electron chi connectivity index (χ2n) is 14.7. The maximum atomic E-state index is 5.70. The van der Waals surface area contributed by atoms with E-state index in [1.54, 1.807) is 0 Å². The topological polar surface area (TPSA) is 64.8 Å². The maximum Gasteiger partial charge on any atom is 0.0713 e. The molecular formula is C52H53N3O3. The van der Waals surface area contributed by atoms with Gasteiger partial charge in [-0.3, -0.25) is 15.0 Å². The standard InChI is InChI=1S/C52H53N3O3/c1-40-13-17-42(18-14-40)37-53-29-7-31-56-33-35-58-36-34-57-32-8-30-54-38-43-19-21-44(22-20-43)39-55-47-27-25-46(26-28-47)52(45-23-15-41(2)16-24-45)50-11-5-3-9-48(50)49-10-4-6-12-51(49)52/h3-6,9-28,37-39H,7-8,29-36H2,1-2H3/b53-37+,54-38+,55-39-. The largest absolute Gasteiger partial charge is 0.379 e. The molecule has 6 aromatic carbocycles. The molecule has 0 atom stereocenters. The van der Waals surface area contributed by atoms with Gasteiger partial charge in [0.05, 0.1) is 37.5 Å². The van der Waals surface area contributed by atoms with Crippen LogP contribution in [0, 0.1) is 13.8 Å². The number of hydrogen-bond acceptors (Lipinski definition) is 6. The van der Waals surface area contributed by atoms with Crippen LogP contribution in [0.1, 0.15) is 62.9 Å². The van der Waals surface area contributed by atoms with E-state index in [1.807, 2.05) is 18.6 Å². The van der Waals surface area contributed by atoms with Crippen molar-refractivity contribution in [2.24, 2.45) is 15.0 Å². The van der Waals surface area contributed by atoms with Crippen LogP contribution in [-0.4, -0.2) is 71.4 Å². The average Bonchev–Trinajstić information content (AvgIpc) is 3.56. The highest BCUT2D eigenvalue weighted by atomic mass is 16.5. The van der Waals surface area contributed by atoms with Gasteiger partial charge in [-0.2, -0.15) is 0 Å². The van der Waals surface area contributed by atoms with Crippen molar-refractivity contribution in [3.63, 3.8) is 0 Å². The summed E-state index contributed by atoms with van der Waals surface area (Å²) in [6.45, 7) is 9.33. The Kier molecular flexibility index (Phi) is 14.3. The fourth-order valence-corrected chi connectivity index (χ4v) is 7.49. The highest BCUT2D eigenvalue weighted by Crippen LogP contribution is 2.56. The van der Waals surface area contributed by atoms with Crippen LogP contribution in [0.25, 0.3) is 11.1 Å². The van der Waals surface area contributed by atoms with Gasteiger partial charge in [0.1, 0.15) is 0 Å². The molecule has 0 amide bonds. The van der Waals surface area contributed by atoms with E-state index < -0.39 is 5.41 Å². The third-order valence-corrected chi connectivity index (χ3v) is 10.5. The van der Waals surface area contributed by atoms with Crippen molar-refractivity contribution in [1.29, 1.82) is 0 Å². The highest BCUT2D eigenvalue weighted by molar-refractivity contribution is 5.87. The van der Waals surface area contributed by atoms with Crippen LogP contribution in [0.5, 0.6) is 0 Å². The number of fused-ring (bicyclic) bond motifs is 3. The Hall–Kier alpha value is -5.79. The molecule has 6 heteroatoms. The molecular weight excluding hydrogens is 715 g/mol. The third-order valence-electron chi connectivity index (χ3n) is 10.5. The van der Waals surface area contributed by atoms with Gasteiger partial charge in [0.15, 0.2) is 0 Å². The first-order valence-corrected chi connectivity index (χ1v) is 20.4. The summed E-state index contributed by atoms with van der Waals surface area (Å²) >= 11 is 0. The van der Waals surface area contributed by atoms with Crippen molar-refractivity contribution in [2.75, 3.05) is 52.7 Å². The Morgan fingerprint density at radius 2 is 0.828 bits per heavy atom. The van der Waals surface area contributed by atoms with E-state index in [0.717, 1.165) is 41.8 Å². The van der Waals surface area contributed by atoms with Crippen molar-refractivity contribution >= 4 is 24.3 Å². The molecule has 1 aliphatic carbocycles. The molecule has 6 nitrogen and oxygen atoms in total. The summed E-state index contributed by atoms with van der Waals surface area (Å²) in [5.41, 5.74) is 14.0. The molecule has 0 aliphatic heterocycles. The van der Waals surface area contributed by atoms with Gasteiger partial charge in [-0.15, -0.1) is 0 Å². The van der Waals surface area contributed by atoms with Crippen LogP contribution in [0.4, 0.5) is 5.69 Å². The van der Waals surface area contributed by atoms with Crippen LogP contribution in [0.2, 0.25) is 0 Å². The van der Waals surface area contributed by atoms with Crippen molar-refractivity contribution in [3.8, 4) is 11.1 Å². The zero-order valence-corrected chi connectivity index (χ0v) is 33.7. The summed E-state index contributed by atoms with van der Waals surface area (Å²) in [4.78, 5) is 13.9. The number of hydrogen-bond donors (Lipinski definition) is 0. The minimum absolute atomic E-state index is 0.404. The SMILES string of the molecule is Cc1ccc(/C=N/CCCOCCOCCOCCC/N=C/c2ccc(/C=N\c3ccc(C4(c5ccc(C)cc5)c5ccccc5-c5ccccc54)cc3)cc2)cc1. The van der Waals surface area contributed by atoms with E-state index >= 15 is 0 Å². The number of ether oxygens (including phenoxy) is 3. The first-order chi connectivity index (χ1) is 28.6. The van der Waals surface area contributed by atoms with Crippen LogP contribution < -0.4 is 0 Å². The number of nitrogens with zero attached hydrogens (tertiary/aromatic N) is 3. The molecule has 0 saturated heterocycles. The Bertz CT molecular complexity index is 2230. The van der Waals surface area contributed by atoms with Crippen LogP contribution >= 0.6 is 0 Å². The Balaban J connectivity index is 0.811. The lowest BCUT2D eigenvalue weighted by Gasteiger charge is -2.34. The van der Waals surface area contributed by atoms with E-state index in [0.29, 0.717) is 46.2 Å². The molecule has 0 fully saturated rings. The van der Waals surface area contributed by atoms with Gasteiger partial charge in [0, 0.05) is 44.9 Å². The van der Waals surface area contributed by atoms with Gasteiger partial charge in [-0.25, -0.2) is 0 Å². The second-order valence-corrected chi connectivity index (χ2v) is 14.7. The summed E-state index contributed by atoms with van der Waals surface area (Å²) < 4.78 is 17.0. The zero-order valence-electron chi connectivity index (χ0n) is 33.7. The molecule has 1 aliphatic rings. The van der Waals surface area contributed by atoms with E-state index in [2.05, 4.69) is 169 Å². The lowest BCUT2D eigenvalue weighted by atomic mass is 9.67. The van der Waals surface area contributed by atoms with E-state index in [-0.39, 0.29) is 0 Å². The Labute approximate surface area is 344 Å². The second kappa shape index (κ2) is 20.6. The molecule has 7 rings (SSSR count). The van der Waals surface area contributed by atoms with E-state index in [1.165, 1.54) is 44.5 Å². The fraction of sp³-hybridized carbons (Fsp3) is 0.250. The van der Waals surface area contributed by atoms with Gasteiger partial charge in [0.2, 0.25) is 0 Å². The number of aliphatic imine (C=N–C) groups is 3. The van der Waals surface area contributed by atoms with Gasteiger partial charge >= 0.3 is 0 Å². The van der Waals surface area contributed by atoms with Gasteiger partial charge in [-0.1, -0.05) is 145 Å². The van der Waals surface area contributed by atoms with Crippen LogP contribution in [0.15, 0.2) is 161 Å². The molecule has 0 aromatic heterocycles. The Morgan fingerprint density at radius 1 is 0.431 bits per heavy atom. The first kappa shape index (κ1) is 40.4. The smallest absolute Gasteiger partial charge is 0.0713 e. The van der Waals surface area contributed by atoms with Crippen molar-refractivity contribution in [2.45, 2.75) is 32.1 Å². The lowest BCUT2D eigenvalue weighted by Crippen LogP contribution is -2.28. The molecule has 0 heterocycles. The van der Waals surface area contributed by atoms with Crippen LogP contribution in [-0.2, 0) is 19.6 Å². The summed E-state index contributed by atoms with van der Waals surface area (Å²) in [5, 5.41) is 0. The van der Waals surface area contributed by atoms with Crippen molar-refractivity contribution < 1.29 is 14.2 Å². The molecule has 294 valence electrons. The molecule has 58 heavy (non-hydrogen) atoms. The highest BCUT2D eigenvalue weighted by Gasteiger charge is 2.45. The Morgan fingerprint density at radius 3 is 1.33 bits per heavy atom. The normalized spacial score (nSPS) is 13.1. The summed E-state index contributed by atoms with van der Waals surface area (Å²) in [7, 11) is 0. The van der Waals surface area contributed by atoms with Gasteiger partial charge < -0.3 is 14.2 Å². The molecule has 0 spiro atoms. The summed E-state index contributed by atoms with van der Waals surface area (Å²) in [6.07, 6.45) is 7.52. The molecule has 0 N–H and O–H groups in total. The molecule has 0 bridgehead atoms. The number of benzene rings is 6. The molecule has 6 aromatic rings.